The van der Waals surface area contributed by atoms with Gasteiger partial charge in [0, 0.05) is 90.8 Å². The molecule has 12 saturated carbocycles. The highest BCUT2D eigenvalue weighted by Gasteiger charge is 2.71. The number of ketones is 4. The number of para-hydroxylation sites is 2. The van der Waals surface area contributed by atoms with Crippen LogP contribution in [0.25, 0.3) is 0 Å². The van der Waals surface area contributed by atoms with Crippen molar-refractivity contribution in [3.05, 3.63) is 227 Å². The van der Waals surface area contributed by atoms with Crippen molar-refractivity contribution in [3.63, 3.8) is 0 Å². The lowest BCUT2D eigenvalue weighted by Gasteiger charge is -2.70. The highest BCUT2D eigenvalue weighted by Crippen LogP contribution is 2.72. The highest BCUT2D eigenvalue weighted by atomic mass is 35.5. The lowest BCUT2D eigenvalue weighted by Crippen LogP contribution is -2.75. The first kappa shape index (κ1) is 89.9. The second kappa shape index (κ2) is 36.9. The normalized spacial score (nSPS) is 23.7. The molecule has 4 N–H and O–H groups in total. The third kappa shape index (κ3) is 21.1. The minimum absolute atomic E-state index is 0.00302. The molecule has 1 aromatic heterocycles. The van der Waals surface area contributed by atoms with Gasteiger partial charge in [-0.05, 0) is 217 Å². The first-order chi connectivity index (χ1) is 57.9. The van der Waals surface area contributed by atoms with Crippen molar-refractivity contribution in [1.29, 1.82) is 0 Å². The van der Waals surface area contributed by atoms with Crippen molar-refractivity contribution in [2.24, 2.45) is 21.7 Å². The molecule has 0 spiro atoms. The molecule has 31 heteroatoms. The third-order valence-electron chi connectivity index (χ3n) is 23.7. The molecule has 7 aromatic carbocycles. The number of hydrogen-bond donors (Lipinski definition) is 4. The van der Waals surface area contributed by atoms with Crippen molar-refractivity contribution in [1.82, 2.24) is 31.1 Å². The minimum atomic E-state index is -0.615. The molecule has 0 atom stereocenters. The maximum Gasteiger partial charge on any atom is 0.258 e. The first-order valence-electron chi connectivity index (χ1n) is 39.7. The van der Waals surface area contributed by atoms with E-state index >= 15 is 0 Å². The van der Waals surface area contributed by atoms with E-state index in [1.54, 1.807) is 19.2 Å². The molecule has 8 bridgehead atoms. The molecule has 0 saturated heterocycles. The van der Waals surface area contributed by atoms with Crippen LogP contribution < -0.4 is 54.4 Å². The van der Waals surface area contributed by atoms with E-state index in [9.17, 15) is 60.3 Å². The zero-order valence-electron chi connectivity index (χ0n) is 68.0. The summed E-state index contributed by atoms with van der Waals surface area (Å²) < 4.78 is 105. The van der Waals surface area contributed by atoms with Crippen LogP contribution in [0, 0.1) is 50.7 Å². The van der Waals surface area contributed by atoms with Crippen molar-refractivity contribution in [3.8, 4) is 40.2 Å². The predicted octanol–water partition coefficient (Wildman–Crippen LogP) is 16.9. The summed E-state index contributed by atoms with van der Waals surface area (Å²) in [6.45, 7) is 1.31. The van der Waals surface area contributed by atoms with E-state index < -0.39 is 29.1 Å². The Morgan fingerprint density at radius 2 is 0.746 bits per heavy atom. The number of rotatable bonds is 36. The number of methoxy groups -OCH3 is 2. The number of hydrogen-bond acceptors (Lipinski definition) is 18. The number of nitrogens with zero attached hydrogens (tertiary/aromatic N) is 2. The summed E-state index contributed by atoms with van der Waals surface area (Å²) in [6, 6.07) is 37.4. The molecule has 12 aliphatic rings. The summed E-state index contributed by atoms with van der Waals surface area (Å²) in [6.07, 6.45) is 10.9. The summed E-state index contributed by atoms with van der Waals surface area (Å²) in [5.41, 5.74) is 1.52. The lowest BCUT2D eigenvalue weighted by atomic mass is 9.38. The summed E-state index contributed by atoms with van der Waals surface area (Å²) in [7, 11) is 10.9. The monoisotopic (exact) mass is 1780 g/mol. The van der Waals surface area contributed by atoms with E-state index in [1.807, 2.05) is 87.0 Å². The van der Waals surface area contributed by atoms with Crippen LogP contribution in [-0.2, 0) is 25.7 Å². The Labute approximate surface area is 727 Å². The molecule has 0 radical (unpaired) electrons. The van der Waals surface area contributed by atoms with Gasteiger partial charge in [0.05, 0.1) is 45.4 Å². The highest BCUT2D eigenvalue weighted by molar-refractivity contribution is 7.12. The predicted molar refractivity (Wildman–Crippen MR) is 450 cm³/mol. The molecule has 646 valence electrons. The first-order valence-corrected chi connectivity index (χ1v) is 42.1. The van der Waals surface area contributed by atoms with Gasteiger partial charge in [0.25, 0.3) is 23.6 Å². The van der Waals surface area contributed by atoms with Crippen LogP contribution in [0.5, 0.6) is 40.2 Å². The molecule has 20 rings (SSSR count). The van der Waals surface area contributed by atoms with Gasteiger partial charge >= 0.3 is 0 Å². The summed E-state index contributed by atoms with van der Waals surface area (Å²) >= 11 is 23.9. The van der Waals surface area contributed by atoms with Crippen molar-refractivity contribution < 1.29 is 93.5 Å². The Morgan fingerprint density at radius 1 is 0.385 bits per heavy atom. The molecule has 12 aliphatic carbocycles. The zero-order chi connectivity index (χ0) is 87.3. The van der Waals surface area contributed by atoms with Gasteiger partial charge in [0.15, 0.2) is 61.1 Å². The van der Waals surface area contributed by atoms with Crippen molar-refractivity contribution in [2.75, 3.05) is 82.0 Å². The number of carbonyl (C=O) groups is 8. The third-order valence-corrected chi connectivity index (χ3v) is 25.9. The van der Waals surface area contributed by atoms with Crippen LogP contribution in [0.2, 0.25) is 20.1 Å². The molecule has 0 unspecified atom stereocenters. The molecular formula is C91H93Cl4F5N6O15S. The number of ether oxygens (including phenoxy) is 7. The van der Waals surface area contributed by atoms with E-state index in [4.69, 9.17) is 79.6 Å². The van der Waals surface area contributed by atoms with Gasteiger partial charge in [0.2, 0.25) is 0 Å². The van der Waals surface area contributed by atoms with Crippen LogP contribution in [0.1, 0.15) is 149 Å². The Balaban J connectivity index is 0.000000140. The fourth-order valence-corrected chi connectivity index (χ4v) is 20.4. The quantitative estimate of drug-likeness (QED) is 0.0210. The Kier molecular flexibility index (Phi) is 27.2. The maximum absolute atomic E-state index is 13.8. The SMILES string of the molecule is CN(C)CCOc1ccccc1C(=O)CC12CC(NC(=O)COc3ccc(Cl)c(F)c3)(C1)C2.CN(C)Cc1ccc(C(=O)CC23CC(NC(=O)COc4ccc(Cl)c(F)c4)(C2)C3)cc1.COc1c(F)cccc1C(=O)CC12CC(NC(=O)COc3ccc(Cl)c(F)c3)(C1)C2.COc1ccsc1C(=O)CC12CC(NC(=O)COc3ccc(Cl)c(F)c3)(C1)C2. The molecule has 21 nitrogen and oxygen atoms in total. The van der Waals surface area contributed by atoms with Crippen LogP contribution in [0.15, 0.2) is 151 Å². The second-order valence-corrected chi connectivity index (χ2v) is 37.1. The smallest absolute Gasteiger partial charge is 0.258 e. The van der Waals surface area contributed by atoms with Gasteiger partial charge in [-0.1, -0.05) is 88.9 Å². The van der Waals surface area contributed by atoms with E-state index in [1.165, 1.54) is 84.7 Å². The average Bonchev–Trinajstić information content (AvgIpc) is 0.712. The van der Waals surface area contributed by atoms with Gasteiger partial charge in [0.1, 0.15) is 69.2 Å². The van der Waals surface area contributed by atoms with Gasteiger partial charge in [-0.25, -0.2) is 22.0 Å². The van der Waals surface area contributed by atoms with Gasteiger partial charge in [-0.3, -0.25) is 38.4 Å². The second-order valence-electron chi connectivity index (χ2n) is 34.5. The van der Waals surface area contributed by atoms with Crippen LogP contribution in [0.4, 0.5) is 22.0 Å². The average molecular weight is 1780 g/mol. The molecule has 1 heterocycles. The van der Waals surface area contributed by atoms with E-state index in [0.717, 1.165) is 101 Å². The maximum atomic E-state index is 13.8. The number of benzene rings is 7. The zero-order valence-corrected chi connectivity index (χ0v) is 71.9. The summed E-state index contributed by atoms with van der Waals surface area (Å²) in [5, 5.41) is 13.8. The molecule has 8 aromatic rings. The molecular weight excluding hydrogens is 1690 g/mol. The Hall–Kier alpha value is -9.87. The topological polar surface area (TPSA) is 256 Å². The van der Waals surface area contributed by atoms with Gasteiger partial charge < -0.3 is 64.2 Å². The number of thiophene rings is 1. The Bertz CT molecular complexity index is 5250. The number of nitrogens with one attached hydrogen (secondary N) is 4. The van der Waals surface area contributed by atoms with Crippen LogP contribution >= 0.6 is 57.7 Å². The van der Waals surface area contributed by atoms with E-state index in [2.05, 4.69) is 26.2 Å². The fraction of sp³-hybridized carbons (Fsp3) is 0.407. The molecule has 122 heavy (non-hydrogen) atoms. The van der Waals surface area contributed by atoms with E-state index in [0.29, 0.717) is 67.1 Å². The lowest BCUT2D eigenvalue weighted by molar-refractivity contribution is -0.165. The molecule has 12 fully saturated rings. The Morgan fingerprint density at radius 3 is 1.11 bits per heavy atom. The largest absolute Gasteiger partial charge is 0.495 e. The standard InChI is InChI=1S/C25H28ClFN2O4.C24H26ClFN2O3.C22H20ClF2NO4.C20H19ClFNO4S/c1-29(2)9-10-32-22-6-4-3-5-18(22)21(30)12-24-14-25(15-24,16-24)28-23(31)13-33-17-7-8-19(26)20(27)11-17;1-28(2)11-16-3-5-17(6-4-16)21(29)10-23-13-24(14-23,15-23)27-22(30)12-31-18-7-8-19(25)20(26)9-18;1-29-20-14(3-2-4-16(20)24)18(27)8-21-10-22(11-21,12-21)26-19(28)9-30-13-5-6-15(23)17(25)7-13;1-26-16-4-5-28-18(16)15(24)7-19-9-20(10-19,11-19)23-17(25)8-27-12-2-3-13(21)14(22)6-12/h3-8,11H,9-10,12-16H2,1-2H3,(H,28,31);3-9H,10-15H2,1-2H3,(H,27,30);2-7H,8-12H2,1H3,(H,26,28);2-6H,7-11H2,1H3,(H,23,25). The fourth-order valence-electron chi connectivity index (χ4n) is 19.1. The van der Waals surface area contributed by atoms with Crippen LogP contribution in [0.3, 0.4) is 0 Å². The summed E-state index contributed by atoms with van der Waals surface area (Å²) in [5.74, 6) is -1.67. The number of amides is 4. The number of likely N-dealkylation sites (N-methyl/N-ethyl adjacent to an activating group) is 1. The van der Waals surface area contributed by atoms with E-state index in [-0.39, 0.29) is 178 Å². The molecule has 0 aliphatic heterocycles. The van der Waals surface area contributed by atoms with Gasteiger partial charge in [-0.15, -0.1) is 11.3 Å². The molecule has 4 amide bonds. The number of Topliss-reactive ketones (excluding diaryl/α,β-unsaturated/α-hetero) is 4. The number of carbonyl (C=O) groups excluding carboxylic acids is 8. The number of halogens is 9. The minimum Gasteiger partial charge on any atom is -0.495 e. The van der Waals surface area contributed by atoms with Crippen molar-refractivity contribution in [2.45, 2.75) is 131 Å². The van der Waals surface area contributed by atoms with Crippen molar-refractivity contribution >= 4 is 105 Å². The van der Waals surface area contributed by atoms with Crippen LogP contribution in [-0.4, -0.2) is 161 Å². The summed E-state index contributed by atoms with van der Waals surface area (Å²) in [4.78, 5) is 105. The van der Waals surface area contributed by atoms with Gasteiger partial charge in [-0.2, -0.15) is 0 Å².